The first-order valence-electron chi connectivity index (χ1n) is 7.87. The summed E-state index contributed by atoms with van der Waals surface area (Å²) in [6.07, 6.45) is -4.71. The van der Waals surface area contributed by atoms with Gasteiger partial charge in [-0.1, -0.05) is 6.07 Å². The minimum Gasteiger partial charge on any atom is -0.232 e. The smallest absolute Gasteiger partial charge is 0.232 e. The van der Waals surface area contributed by atoms with E-state index in [0.717, 1.165) is 10.7 Å². The highest BCUT2D eigenvalue weighted by molar-refractivity contribution is 7.89. The van der Waals surface area contributed by atoms with Crippen molar-refractivity contribution in [3.8, 4) is 5.69 Å². The van der Waals surface area contributed by atoms with E-state index in [-0.39, 0.29) is 21.5 Å². The number of primary sulfonamides is 1. The van der Waals surface area contributed by atoms with Crippen molar-refractivity contribution in [2.24, 2.45) is 5.14 Å². The van der Waals surface area contributed by atoms with Crippen molar-refractivity contribution in [1.82, 2.24) is 9.78 Å². The minimum absolute atomic E-state index is 0.133. The summed E-state index contributed by atoms with van der Waals surface area (Å²) in [6, 6.07) is 11.3. The molecule has 144 valence electrons. The topological polar surface area (TPSA) is 78.0 Å². The van der Waals surface area contributed by atoms with Crippen molar-refractivity contribution in [1.29, 1.82) is 0 Å². The first kappa shape index (κ1) is 18.4. The molecule has 0 unspecified atom stereocenters. The summed E-state index contributed by atoms with van der Waals surface area (Å²) in [5.74, 6) is -0.522. The quantitative estimate of drug-likeness (QED) is 0.509. The number of rotatable bonds is 2. The van der Waals surface area contributed by atoms with Crippen LogP contribution in [0.15, 0.2) is 59.5 Å². The van der Waals surface area contributed by atoms with Crippen LogP contribution in [0.5, 0.6) is 0 Å². The highest BCUT2D eigenvalue weighted by atomic mass is 32.2. The van der Waals surface area contributed by atoms with Crippen LogP contribution in [0.4, 0.5) is 17.6 Å². The largest absolute Gasteiger partial charge is 0.435 e. The van der Waals surface area contributed by atoms with Crippen LogP contribution in [-0.2, 0) is 16.2 Å². The third kappa shape index (κ3) is 3.00. The normalized spacial score (nSPS) is 12.8. The van der Waals surface area contributed by atoms with Gasteiger partial charge < -0.3 is 0 Å². The molecule has 0 spiro atoms. The highest BCUT2D eigenvalue weighted by Crippen LogP contribution is 2.38. The second kappa shape index (κ2) is 6.01. The third-order valence-electron chi connectivity index (χ3n) is 4.30. The summed E-state index contributed by atoms with van der Waals surface area (Å²) in [4.78, 5) is -0.185. The summed E-state index contributed by atoms with van der Waals surface area (Å²) < 4.78 is 77.9. The Kier molecular flexibility index (Phi) is 3.95. The molecule has 3 aromatic carbocycles. The Morgan fingerprint density at radius 2 is 1.57 bits per heavy atom. The van der Waals surface area contributed by atoms with Gasteiger partial charge in [-0.05, 0) is 53.9 Å². The summed E-state index contributed by atoms with van der Waals surface area (Å²) in [7, 11) is -3.95. The van der Waals surface area contributed by atoms with E-state index in [1.807, 2.05) is 0 Å². The van der Waals surface area contributed by atoms with E-state index >= 15 is 0 Å². The van der Waals surface area contributed by atoms with Gasteiger partial charge in [-0.15, -0.1) is 0 Å². The lowest BCUT2D eigenvalue weighted by Gasteiger charge is -2.07. The van der Waals surface area contributed by atoms with E-state index in [4.69, 9.17) is 5.14 Å². The zero-order valence-electron chi connectivity index (χ0n) is 13.9. The van der Waals surface area contributed by atoms with Crippen LogP contribution >= 0.6 is 0 Å². The average molecular weight is 409 g/mol. The van der Waals surface area contributed by atoms with Crippen molar-refractivity contribution >= 4 is 31.7 Å². The number of halogens is 4. The number of nitrogens with two attached hydrogens (primary N) is 1. The molecule has 5 nitrogen and oxygen atoms in total. The zero-order valence-corrected chi connectivity index (χ0v) is 14.7. The molecule has 0 bridgehead atoms. The zero-order chi connectivity index (χ0) is 20.3. The summed E-state index contributed by atoms with van der Waals surface area (Å²) in [5, 5.41) is 9.39. The Bertz CT molecular complexity index is 1330. The fraction of sp³-hybridized carbons (Fsp3) is 0.0556. The summed E-state index contributed by atoms with van der Waals surface area (Å²) >= 11 is 0. The number of fused-ring (bicyclic) bond motifs is 3. The van der Waals surface area contributed by atoms with Gasteiger partial charge in [0.15, 0.2) is 5.69 Å². The molecule has 0 radical (unpaired) electrons. The van der Waals surface area contributed by atoms with E-state index in [0.29, 0.717) is 10.8 Å². The van der Waals surface area contributed by atoms with E-state index in [2.05, 4.69) is 5.10 Å². The van der Waals surface area contributed by atoms with Gasteiger partial charge in [0, 0.05) is 10.8 Å². The molecule has 4 aromatic rings. The standard InChI is InChI=1S/C18H11F4N3O2S/c19-11-2-8-14-10(9-11)1-7-15-16(14)25(24-17(15)18(20,21)22)12-3-5-13(6-4-12)28(23,26)27/h1-9H,(H2,23,26,27). The first-order valence-corrected chi connectivity index (χ1v) is 9.42. The molecule has 28 heavy (non-hydrogen) atoms. The van der Waals surface area contributed by atoms with Crippen LogP contribution < -0.4 is 5.14 Å². The van der Waals surface area contributed by atoms with Gasteiger partial charge in [-0.25, -0.2) is 22.6 Å². The molecule has 0 saturated heterocycles. The van der Waals surface area contributed by atoms with Crippen LogP contribution in [0.25, 0.3) is 27.4 Å². The van der Waals surface area contributed by atoms with Gasteiger partial charge in [0.05, 0.1) is 16.1 Å². The van der Waals surface area contributed by atoms with Gasteiger partial charge >= 0.3 is 6.18 Å². The minimum atomic E-state index is -4.71. The maximum absolute atomic E-state index is 13.5. The predicted molar refractivity (Wildman–Crippen MR) is 94.9 cm³/mol. The average Bonchev–Trinajstić information content (AvgIpc) is 3.01. The number of hydrogen-bond donors (Lipinski definition) is 1. The van der Waals surface area contributed by atoms with E-state index in [1.165, 1.54) is 48.5 Å². The van der Waals surface area contributed by atoms with Gasteiger partial charge in [0.1, 0.15) is 5.82 Å². The maximum atomic E-state index is 13.5. The van der Waals surface area contributed by atoms with Crippen LogP contribution in [0.2, 0.25) is 0 Å². The Hall–Kier alpha value is -2.98. The molecule has 2 N–H and O–H groups in total. The number of nitrogens with zero attached hydrogens (tertiary/aromatic N) is 2. The first-order chi connectivity index (χ1) is 13.1. The van der Waals surface area contributed by atoms with Crippen molar-refractivity contribution in [3.63, 3.8) is 0 Å². The van der Waals surface area contributed by atoms with Gasteiger partial charge in [-0.2, -0.15) is 18.3 Å². The van der Waals surface area contributed by atoms with Crippen LogP contribution in [0, 0.1) is 5.82 Å². The number of alkyl halides is 3. The Labute approximate surface area is 156 Å². The number of hydrogen-bond acceptors (Lipinski definition) is 3. The maximum Gasteiger partial charge on any atom is 0.435 e. The van der Waals surface area contributed by atoms with E-state index in [9.17, 15) is 26.0 Å². The molecule has 1 aromatic heterocycles. The lowest BCUT2D eigenvalue weighted by atomic mass is 10.1. The molecule has 0 saturated carbocycles. The van der Waals surface area contributed by atoms with Gasteiger partial charge in [0.25, 0.3) is 0 Å². The lowest BCUT2D eigenvalue weighted by molar-refractivity contribution is -0.140. The Balaban J connectivity index is 2.07. The Morgan fingerprint density at radius 3 is 2.18 bits per heavy atom. The molecule has 0 aliphatic carbocycles. The molecule has 4 rings (SSSR count). The van der Waals surface area contributed by atoms with Crippen molar-refractivity contribution < 1.29 is 26.0 Å². The van der Waals surface area contributed by atoms with Crippen molar-refractivity contribution in [2.45, 2.75) is 11.1 Å². The van der Waals surface area contributed by atoms with Crippen LogP contribution in [0.1, 0.15) is 5.69 Å². The summed E-state index contributed by atoms with van der Waals surface area (Å²) in [6.45, 7) is 0. The molecule has 0 aliphatic rings. The van der Waals surface area contributed by atoms with Crippen molar-refractivity contribution in [3.05, 3.63) is 66.1 Å². The van der Waals surface area contributed by atoms with E-state index in [1.54, 1.807) is 0 Å². The second-order valence-corrected chi connectivity index (χ2v) is 7.69. The SMILES string of the molecule is NS(=O)(=O)c1ccc(-n2nc(C(F)(F)F)c3ccc4cc(F)ccc4c32)cc1. The Morgan fingerprint density at radius 1 is 0.929 bits per heavy atom. The number of sulfonamides is 1. The fourth-order valence-electron chi connectivity index (χ4n) is 3.08. The molecular formula is C18H11F4N3O2S. The molecule has 0 atom stereocenters. The monoisotopic (exact) mass is 409 g/mol. The number of benzene rings is 3. The third-order valence-corrected chi connectivity index (χ3v) is 5.23. The van der Waals surface area contributed by atoms with Crippen LogP contribution in [-0.4, -0.2) is 18.2 Å². The molecule has 1 heterocycles. The van der Waals surface area contributed by atoms with E-state index < -0.39 is 27.7 Å². The second-order valence-electron chi connectivity index (χ2n) is 6.12. The van der Waals surface area contributed by atoms with Crippen LogP contribution in [0.3, 0.4) is 0 Å². The highest BCUT2D eigenvalue weighted by Gasteiger charge is 2.37. The van der Waals surface area contributed by atoms with Gasteiger partial charge in [0.2, 0.25) is 10.0 Å². The lowest BCUT2D eigenvalue weighted by Crippen LogP contribution is -2.12. The fourth-order valence-corrected chi connectivity index (χ4v) is 3.60. The molecular weight excluding hydrogens is 398 g/mol. The molecule has 0 aliphatic heterocycles. The molecule has 0 amide bonds. The molecule has 0 fully saturated rings. The summed E-state index contributed by atoms with van der Waals surface area (Å²) in [5.41, 5.74) is -0.762. The predicted octanol–water partition coefficient (Wildman–Crippen LogP) is 3.98. The van der Waals surface area contributed by atoms with Gasteiger partial charge in [-0.3, -0.25) is 0 Å². The molecule has 10 heteroatoms. The van der Waals surface area contributed by atoms with Crippen molar-refractivity contribution in [2.75, 3.05) is 0 Å². The number of aromatic nitrogens is 2.